The number of ether oxygens (including phenoxy) is 1. The van der Waals surface area contributed by atoms with Crippen molar-refractivity contribution in [2.45, 2.75) is 18.1 Å². The molecule has 102 valence electrons. The van der Waals surface area contributed by atoms with Gasteiger partial charge in [0, 0.05) is 19.2 Å². The summed E-state index contributed by atoms with van der Waals surface area (Å²) in [4.78, 5) is 27.2. The number of hydrogen-bond donors (Lipinski definition) is 3. The molecule has 8 heteroatoms. The average molecular weight is 285 g/mol. The standard InChI is InChI=1S/C11H12N4O3.ClH/c12-8(16)6-4-11(5-14-6)10(17)15-9-7(18-11)2-1-3-13-9;/h1-3,6,14H,4-5H2,(H2,12,16)(H,13,15,17);1H/t6-,11+;/m0./s1. The molecule has 4 N–H and O–H groups in total. The number of hydrogen-bond acceptors (Lipinski definition) is 5. The normalized spacial score (nSPS) is 28.0. The first-order valence-corrected chi connectivity index (χ1v) is 5.59. The molecule has 19 heavy (non-hydrogen) atoms. The minimum atomic E-state index is -1.07. The predicted molar refractivity (Wildman–Crippen MR) is 69.1 cm³/mol. The number of nitrogens with one attached hydrogen (secondary N) is 2. The average Bonchev–Trinajstić information content (AvgIpc) is 2.76. The summed E-state index contributed by atoms with van der Waals surface area (Å²) in [6.07, 6.45) is 1.79. The van der Waals surface area contributed by atoms with Gasteiger partial charge in [0.2, 0.25) is 11.5 Å². The maximum absolute atomic E-state index is 12.1. The van der Waals surface area contributed by atoms with Crippen LogP contribution in [-0.4, -0.2) is 35.0 Å². The third-order valence-electron chi connectivity index (χ3n) is 3.23. The summed E-state index contributed by atoms with van der Waals surface area (Å²) in [5.41, 5.74) is 4.15. The molecule has 0 saturated carbocycles. The third-order valence-corrected chi connectivity index (χ3v) is 3.23. The number of nitrogens with zero attached hydrogens (tertiary/aromatic N) is 1. The first kappa shape index (κ1) is 13.6. The number of fused-ring (bicyclic) bond motifs is 1. The fourth-order valence-corrected chi connectivity index (χ4v) is 2.26. The number of rotatable bonds is 1. The summed E-state index contributed by atoms with van der Waals surface area (Å²) in [6, 6.07) is 2.90. The van der Waals surface area contributed by atoms with E-state index in [9.17, 15) is 9.59 Å². The lowest BCUT2D eigenvalue weighted by Gasteiger charge is -2.33. The van der Waals surface area contributed by atoms with Crippen LogP contribution in [0.1, 0.15) is 6.42 Å². The van der Waals surface area contributed by atoms with E-state index >= 15 is 0 Å². The molecule has 1 aromatic heterocycles. The second kappa shape index (κ2) is 4.67. The van der Waals surface area contributed by atoms with Gasteiger partial charge >= 0.3 is 0 Å². The van der Waals surface area contributed by atoms with E-state index in [0.717, 1.165) is 0 Å². The van der Waals surface area contributed by atoms with Crippen LogP contribution < -0.4 is 21.1 Å². The van der Waals surface area contributed by atoms with Gasteiger partial charge in [-0.1, -0.05) is 0 Å². The van der Waals surface area contributed by atoms with Crippen molar-refractivity contribution in [1.82, 2.24) is 10.3 Å². The van der Waals surface area contributed by atoms with Crippen LogP contribution in [0, 0.1) is 0 Å². The number of halogens is 1. The molecule has 1 saturated heterocycles. The second-order valence-corrected chi connectivity index (χ2v) is 4.44. The quantitative estimate of drug-likeness (QED) is 0.640. The van der Waals surface area contributed by atoms with Crippen molar-refractivity contribution in [1.29, 1.82) is 0 Å². The van der Waals surface area contributed by atoms with E-state index < -0.39 is 17.6 Å². The number of primary amides is 1. The summed E-state index contributed by atoms with van der Waals surface area (Å²) in [5, 5.41) is 5.58. The Morgan fingerprint density at radius 1 is 1.58 bits per heavy atom. The van der Waals surface area contributed by atoms with Crippen LogP contribution in [0.15, 0.2) is 18.3 Å². The predicted octanol–water partition coefficient (Wildman–Crippen LogP) is -0.580. The monoisotopic (exact) mass is 284 g/mol. The van der Waals surface area contributed by atoms with Crippen LogP contribution in [0.25, 0.3) is 0 Å². The van der Waals surface area contributed by atoms with Gasteiger partial charge < -0.3 is 21.1 Å². The molecule has 3 heterocycles. The number of pyridine rings is 1. The van der Waals surface area contributed by atoms with Gasteiger partial charge in [0.25, 0.3) is 5.91 Å². The molecule has 0 aromatic carbocycles. The number of anilines is 1. The minimum Gasteiger partial charge on any atom is -0.472 e. The molecule has 7 nitrogen and oxygen atoms in total. The van der Waals surface area contributed by atoms with E-state index in [1.54, 1.807) is 18.3 Å². The van der Waals surface area contributed by atoms with Crippen molar-refractivity contribution in [3.05, 3.63) is 18.3 Å². The SMILES string of the molecule is Cl.NC(=O)[C@@H]1C[C@]2(CN1)Oc1cccnc1NC2=O. The molecular formula is C11H13ClN4O3. The van der Waals surface area contributed by atoms with Crippen LogP contribution in [0.4, 0.5) is 5.82 Å². The highest BCUT2D eigenvalue weighted by atomic mass is 35.5. The van der Waals surface area contributed by atoms with Gasteiger partial charge in [-0.3, -0.25) is 9.59 Å². The number of amides is 2. The van der Waals surface area contributed by atoms with E-state index in [0.29, 0.717) is 11.6 Å². The van der Waals surface area contributed by atoms with Crippen molar-refractivity contribution in [3.63, 3.8) is 0 Å². The van der Waals surface area contributed by atoms with Crippen LogP contribution >= 0.6 is 12.4 Å². The number of nitrogens with two attached hydrogens (primary N) is 1. The van der Waals surface area contributed by atoms with Gasteiger partial charge in [0.1, 0.15) is 0 Å². The number of carbonyl (C=O) groups excluding carboxylic acids is 2. The zero-order valence-corrected chi connectivity index (χ0v) is 10.7. The van der Waals surface area contributed by atoms with Gasteiger partial charge in [-0.05, 0) is 12.1 Å². The third kappa shape index (κ3) is 2.11. The molecule has 0 radical (unpaired) electrons. The fourth-order valence-electron chi connectivity index (χ4n) is 2.26. The van der Waals surface area contributed by atoms with Gasteiger partial charge in [0.05, 0.1) is 6.04 Å². The molecule has 0 unspecified atom stereocenters. The Hall–Kier alpha value is -1.86. The van der Waals surface area contributed by atoms with E-state index in [2.05, 4.69) is 15.6 Å². The highest BCUT2D eigenvalue weighted by Crippen LogP contribution is 2.35. The molecule has 2 amide bonds. The Morgan fingerprint density at radius 2 is 2.37 bits per heavy atom. The van der Waals surface area contributed by atoms with Gasteiger partial charge in [-0.25, -0.2) is 4.98 Å². The molecule has 2 aliphatic rings. The fraction of sp³-hybridized carbons (Fsp3) is 0.364. The molecule has 3 rings (SSSR count). The van der Waals surface area contributed by atoms with Crippen LogP contribution in [0.3, 0.4) is 0 Å². The van der Waals surface area contributed by atoms with E-state index in [-0.39, 0.29) is 31.3 Å². The minimum absolute atomic E-state index is 0. The van der Waals surface area contributed by atoms with Crippen molar-refractivity contribution in [2.75, 3.05) is 11.9 Å². The van der Waals surface area contributed by atoms with Crippen molar-refractivity contribution >= 4 is 30.0 Å². The van der Waals surface area contributed by atoms with Crippen molar-refractivity contribution < 1.29 is 14.3 Å². The smallest absolute Gasteiger partial charge is 0.271 e. The highest BCUT2D eigenvalue weighted by molar-refractivity contribution is 6.01. The van der Waals surface area contributed by atoms with E-state index in [1.165, 1.54) is 0 Å². The maximum Gasteiger partial charge on any atom is 0.271 e. The maximum atomic E-state index is 12.1. The zero-order chi connectivity index (χ0) is 12.8. The molecule has 1 fully saturated rings. The van der Waals surface area contributed by atoms with Crippen LogP contribution in [0.5, 0.6) is 5.75 Å². The summed E-state index contributed by atoms with van der Waals surface area (Å²) in [6.45, 7) is 0.251. The molecule has 0 aliphatic carbocycles. The lowest BCUT2D eigenvalue weighted by molar-refractivity contribution is -0.131. The number of aromatic nitrogens is 1. The van der Waals surface area contributed by atoms with E-state index in [4.69, 9.17) is 10.5 Å². The second-order valence-electron chi connectivity index (χ2n) is 4.44. The molecule has 1 aromatic rings. The van der Waals surface area contributed by atoms with Crippen LogP contribution in [0.2, 0.25) is 0 Å². The summed E-state index contributed by atoms with van der Waals surface area (Å²) >= 11 is 0. The van der Waals surface area contributed by atoms with Gasteiger partial charge in [-0.2, -0.15) is 0 Å². The summed E-state index contributed by atoms with van der Waals surface area (Å²) < 4.78 is 5.73. The first-order valence-electron chi connectivity index (χ1n) is 5.59. The Morgan fingerprint density at radius 3 is 3.05 bits per heavy atom. The lowest BCUT2D eigenvalue weighted by atomic mass is 9.97. The lowest BCUT2D eigenvalue weighted by Crippen LogP contribution is -2.52. The van der Waals surface area contributed by atoms with Crippen LogP contribution in [-0.2, 0) is 9.59 Å². The molecule has 2 aliphatic heterocycles. The van der Waals surface area contributed by atoms with E-state index in [1.807, 2.05) is 0 Å². The molecule has 0 bridgehead atoms. The summed E-state index contributed by atoms with van der Waals surface area (Å²) in [7, 11) is 0. The Bertz CT molecular complexity index is 538. The molecule has 2 atom stereocenters. The molecular weight excluding hydrogens is 272 g/mol. The van der Waals surface area contributed by atoms with Gasteiger partial charge in [-0.15, -0.1) is 12.4 Å². The largest absolute Gasteiger partial charge is 0.472 e. The van der Waals surface area contributed by atoms with Crippen molar-refractivity contribution in [3.8, 4) is 5.75 Å². The zero-order valence-electron chi connectivity index (χ0n) is 9.88. The summed E-state index contributed by atoms with van der Waals surface area (Å²) in [5.74, 6) is 0.116. The van der Waals surface area contributed by atoms with Crippen molar-refractivity contribution in [2.24, 2.45) is 5.73 Å². The Balaban J connectivity index is 0.00000133. The molecule has 1 spiro atoms. The van der Waals surface area contributed by atoms with Gasteiger partial charge in [0.15, 0.2) is 11.6 Å². The first-order chi connectivity index (χ1) is 8.61. The highest BCUT2D eigenvalue weighted by Gasteiger charge is 2.51. The number of carbonyl (C=O) groups is 2. The Kier molecular flexibility index (Phi) is 3.34. The topological polar surface area (TPSA) is 106 Å². The Labute approximate surface area is 115 Å².